The lowest BCUT2D eigenvalue weighted by atomic mass is 9.82. The lowest BCUT2D eigenvalue weighted by molar-refractivity contribution is -0.152. The fourth-order valence-corrected chi connectivity index (χ4v) is 3.10. The second kappa shape index (κ2) is 6.20. The molecule has 1 fully saturated rings. The second-order valence-electron chi connectivity index (χ2n) is 5.47. The molecule has 1 atom stereocenters. The van der Waals surface area contributed by atoms with Gasteiger partial charge in [0.15, 0.2) is 0 Å². The highest BCUT2D eigenvalue weighted by Crippen LogP contribution is 2.37. The predicted molar refractivity (Wildman–Crippen MR) is 75.7 cm³/mol. The molecular formula is C16H23NO2. The first kappa shape index (κ1) is 14.1. The van der Waals surface area contributed by atoms with Crippen LogP contribution in [-0.4, -0.2) is 31.1 Å². The number of rotatable bonds is 5. The molecule has 0 bridgehead atoms. The molecule has 1 aliphatic rings. The van der Waals surface area contributed by atoms with E-state index in [4.69, 9.17) is 4.74 Å². The zero-order valence-electron chi connectivity index (χ0n) is 11.9. The molecule has 0 saturated carbocycles. The van der Waals surface area contributed by atoms with E-state index in [-0.39, 0.29) is 11.4 Å². The van der Waals surface area contributed by atoms with Crippen LogP contribution in [0.25, 0.3) is 0 Å². The Hall–Kier alpha value is -1.35. The van der Waals surface area contributed by atoms with Crippen molar-refractivity contribution in [3.63, 3.8) is 0 Å². The van der Waals surface area contributed by atoms with Crippen molar-refractivity contribution in [2.24, 2.45) is 5.41 Å². The highest BCUT2D eigenvalue weighted by molar-refractivity contribution is 5.77. The minimum atomic E-state index is -0.279. The Morgan fingerprint density at radius 2 is 2.11 bits per heavy atom. The molecule has 1 heterocycles. The van der Waals surface area contributed by atoms with Gasteiger partial charge in [0.2, 0.25) is 0 Å². The van der Waals surface area contributed by atoms with Gasteiger partial charge in [-0.15, -0.1) is 0 Å². The topological polar surface area (TPSA) is 29.5 Å². The predicted octanol–water partition coefficient (Wildman–Crippen LogP) is 2.85. The van der Waals surface area contributed by atoms with Crippen LogP contribution in [0.4, 0.5) is 0 Å². The van der Waals surface area contributed by atoms with Gasteiger partial charge in [0, 0.05) is 13.1 Å². The highest BCUT2D eigenvalue weighted by Gasteiger charge is 2.44. The molecule has 1 unspecified atom stereocenters. The largest absolute Gasteiger partial charge is 0.469 e. The lowest BCUT2D eigenvalue weighted by Crippen LogP contribution is -2.35. The molecule has 19 heavy (non-hydrogen) atoms. The van der Waals surface area contributed by atoms with Gasteiger partial charge < -0.3 is 4.74 Å². The molecule has 1 aromatic rings. The Kier molecular flexibility index (Phi) is 4.59. The number of carbonyl (C=O) groups excluding carboxylic acids is 1. The SMILES string of the molecule is CCCC1(C(=O)OC)CCN(Cc2ccccc2)C1. The van der Waals surface area contributed by atoms with Gasteiger partial charge in [-0.3, -0.25) is 9.69 Å². The summed E-state index contributed by atoms with van der Waals surface area (Å²) in [6.07, 6.45) is 2.86. The van der Waals surface area contributed by atoms with Crippen LogP contribution in [0, 0.1) is 5.41 Å². The maximum absolute atomic E-state index is 12.1. The van der Waals surface area contributed by atoms with E-state index < -0.39 is 0 Å². The van der Waals surface area contributed by atoms with Crippen molar-refractivity contribution in [1.82, 2.24) is 4.90 Å². The number of nitrogens with zero attached hydrogens (tertiary/aromatic N) is 1. The number of benzene rings is 1. The zero-order valence-corrected chi connectivity index (χ0v) is 11.9. The zero-order chi connectivity index (χ0) is 13.7. The monoisotopic (exact) mass is 261 g/mol. The number of likely N-dealkylation sites (tertiary alicyclic amines) is 1. The van der Waals surface area contributed by atoms with E-state index >= 15 is 0 Å². The minimum Gasteiger partial charge on any atom is -0.469 e. The van der Waals surface area contributed by atoms with Crippen molar-refractivity contribution in [3.8, 4) is 0 Å². The van der Waals surface area contributed by atoms with Crippen molar-refractivity contribution in [3.05, 3.63) is 35.9 Å². The second-order valence-corrected chi connectivity index (χ2v) is 5.47. The van der Waals surface area contributed by atoms with Gasteiger partial charge in [-0.25, -0.2) is 0 Å². The van der Waals surface area contributed by atoms with E-state index in [9.17, 15) is 4.79 Å². The molecule has 3 nitrogen and oxygen atoms in total. The Morgan fingerprint density at radius 3 is 2.74 bits per heavy atom. The number of esters is 1. The van der Waals surface area contributed by atoms with Gasteiger partial charge in [-0.05, 0) is 24.9 Å². The number of hydrogen-bond acceptors (Lipinski definition) is 3. The minimum absolute atomic E-state index is 0.0371. The van der Waals surface area contributed by atoms with E-state index in [0.717, 1.165) is 38.9 Å². The van der Waals surface area contributed by atoms with E-state index in [1.807, 2.05) is 6.07 Å². The van der Waals surface area contributed by atoms with E-state index in [1.54, 1.807) is 0 Å². The summed E-state index contributed by atoms with van der Waals surface area (Å²) in [5, 5.41) is 0. The third-order valence-corrected chi connectivity index (χ3v) is 4.03. The molecule has 0 N–H and O–H groups in total. The third-order valence-electron chi connectivity index (χ3n) is 4.03. The van der Waals surface area contributed by atoms with Crippen LogP contribution in [0.2, 0.25) is 0 Å². The van der Waals surface area contributed by atoms with Gasteiger partial charge in [0.25, 0.3) is 0 Å². The van der Waals surface area contributed by atoms with Crippen molar-refractivity contribution in [1.29, 1.82) is 0 Å². The van der Waals surface area contributed by atoms with Crippen molar-refractivity contribution < 1.29 is 9.53 Å². The van der Waals surface area contributed by atoms with Gasteiger partial charge in [0.1, 0.15) is 0 Å². The standard InChI is InChI=1S/C16H23NO2/c1-3-9-16(15(18)19-2)10-11-17(13-16)12-14-7-5-4-6-8-14/h4-8H,3,9-13H2,1-2H3. The van der Waals surface area contributed by atoms with Crippen LogP contribution in [0.15, 0.2) is 30.3 Å². The molecular weight excluding hydrogens is 238 g/mol. The van der Waals surface area contributed by atoms with Crippen molar-refractivity contribution >= 4 is 5.97 Å². The number of ether oxygens (including phenoxy) is 1. The fourth-order valence-electron chi connectivity index (χ4n) is 3.10. The van der Waals surface area contributed by atoms with Gasteiger partial charge in [-0.2, -0.15) is 0 Å². The first-order valence-electron chi connectivity index (χ1n) is 7.05. The maximum Gasteiger partial charge on any atom is 0.313 e. The first-order valence-corrected chi connectivity index (χ1v) is 7.05. The number of methoxy groups -OCH3 is 1. The summed E-state index contributed by atoms with van der Waals surface area (Å²) in [7, 11) is 1.50. The smallest absolute Gasteiger partial charge is 0.313 e. The van der Waals surface area contributed by atoms with E-state index in [2.05, 4.69) is 36.1 Å². The number of carbonyl (C=O) groups is 1. The molecule has 104 valence electrons. The summed E-state index contributed by atoms with van der Waals surface area (Å²) in [5.41, 5.74) is 1.03. The van der Waals surface area contributed by atoms with Gasteiger partial charge in [-0.1, -0.05) is 43.7 Å². The molecule has 0 aromatic heterocycles. The maximum atomic E-state index is 12.1. The summed E-state index contributed by atoms with van der Waals surface area (Å²) in [5.74, 6) is -0.0371. The summed E-state index contributed by atoms with van der Waals surface area (Å²) in [4.78, 5) is 14.4. The molecule has 0 radical (unpaired) electrons. The summed E-state index contributed by atoms with van der Waals surface area (Å²) in [6.45, 7) is 4.85. The van der Waals surface area contributed by atoms with Crippen LogP contribution < -0.4 is 0 Å². The van der Waals surface area contributed by atoms with Crippen molar-refractivity contribution in [2.75, 3.05) is 20.2 Å². The fraction of sp³-hybridized carbons (Fsp3) is 0.562. The Balaban J connectivity index is 2.02. The summed E-state index contributed by atoms with van der Waals surface area (Å²) >= 11 is 0. The summed E-state index contributed by atoms with van der Waals surface area (Å²) in [6, 6.07) is 10.4. The first-order chi connectivity index (χ1) is 9.20. The Morgan fingerprint density at radius 1 is 1.37 bits per heavy atom. The molecule has 3 heteroatoms. The van der Waals surface area contributed by atoms with Crippen LogP contribution in [-0.2, 0) is 16.1 Å². The Bertz CT molecular complexity index is 418. The molecule has 2 rings (SSSR count). The van der Waals surface area contributed by atoms with Gasteiger partial charge in [0.05, 0.1) is 12.5 Å². The average molecular weight is 261 g/mol. The van der Waals surface area contributed by atoms with Crippen LogP contribution in [0.1, 0.15) is 31.7 Å². The molecule has 1 aromatic carbocycles. The Labute approximate surface area is 115 Å². The quantitative estimate of drug-likeness (QED) is 0.763. The molecule has 1 aliphatic heterocycles. The van der Waals surface area contributed by atoms with E-state index in [0.29, 0.717) is 0 Å². The normalized spacial score (nSPS) is 23.5. The van der Waals surface area contributed by atoms with Crippen molar-refractivity contribution in [2.45, 2.75) is 32.7 Å². The molecule has 1 saturated heterocycles. The van der Waals surface area contributed by atoms with Crippen LogP contribution in [0.5, 0.6) is 0 Å². The third kappa shape index (κ3) is 3.16. The number of hydrogen-bond donors (Lipinski definition) is 0. The average Bonchev–Trinajstić information content (AvgIpc) is 2.84. The van der Waals surface area contributed by atoms with E-state index in [1.165, 1.54) is 12.7 Å². The van der Waals surface area contributed by atoms with Gasteiger partial charge >= 0.3 is 5.97 Å². The molecule has 0 spiro atoms. The summed E-state index contributed by atoms with van der Waals surface area (Å²) < 4.78 is 5.02. The molecule has 0 amide bonds. The van der Waals surface area contributed by atoms with Crippen LogP contribution >= 0.6 is 0 Å². The van der Waals surface area contributed by atoms with Crippen LogP contribution in [0.3, 0.4) is 0 Å². The lowest BCUT2D eigenvalue weighted by Gasteiger charge is -2.26. The highest BCUT2D eigenvalue weighted by atomic mass is 16.5. The molecule has 0 aliphatic carbocycles.